The van der Waals surface area contributed by atoms with Crippen LogP contribution in [0, 0.1) is 5.92 Å². The maximum Gasteiger partial charge on any atom is 0.248 e. The van der Waals surface area contributed by atoms with Crippen molar-refractivity contribution < 1.29 is 8.78 Å². The van der Waals surface area contributed by atoms with Crippen molar-refractivity contribution in [3.63, 3.8) is 0 Å². The van der Waals surface area contributed by atoms with Crippen molar-refractivity contribution in [2.45, 2.75) is 44.1 Å². The van der Waals surface area contributed by atoms with E-state index in [2.05, 4.69) is 0 Å². The molecule has 0 radical (unpaired) electrons. The number of halogens is 3. The number of alkyl halides is 2. The van der Waals surface area contributed by atoms with Crippen LogP contribution in [0.3, 0.4) is 0 Å². The molecule has 0 aromatic heterocycles. The summed E-state index contributed by atoms with van der Waals surface area (Å²) in [6.07, 6.45) is 1.70. The van der Waals surface area contributed by atoms with Gasteiger partial charge in [0.05, 0.1) is 0 Å². The van der Waals surface area contributed by atoms with Crippen LogP contribution in [0.1, 0.15) is 31.2 Å². The summed E-state index contributed by atoms with van der Waals surface area (Å²) in [5.41, 5.74) is 7.21. The highest BCUT2D eigenvalue weighted by Crippen LogP contribution is 2.37. The quantitative estimate of drug-likeness (QED) is 0.884. The van der Waals surface area contributed by atoms with Crippen molar-refractivity contribution in [3.05, 3.63) is 34.9 Å². The molecule has 0 spiro atoms. The molecule has 100 valence electrons. The number of nitrogens with two attached hydrogens (primary N) is 1. The fourth-order valence-electron chi connectivity index (χ4n) is 2.59. The molecule has 1 atom stereocenters. The van der Waals surface area contributed by atoms with E-state index in [9.17, 15) is 8.78 Å². The predicted molar refractivity (Wildman–Crippen MR) is 70.0 cm³/mol. The van der Waals surface area contributed by atoms with Gasteiger partial charge in [0, 0.05) is 23.9 Å². The standard InChI is InChI=1S/C14H18ClF2N/c15-12-3-1-2-10(8-12)9-13(18)11-4-6-14(16,17)7-5-11/h1-3,8,11,13H,4-7,9,18H2. The van der Waals surface area contributed by atoms with Gasteiger partial charge < -0.3 is 5.73 Å². The Labute approximate surface area is 111 Å². The van der Waals surface area contributed by atoms with Gasteiger partial charge in [-0.15, -0.1) is 0 Å². The first-order valence-corrected chi connectivity index (χ1v) is 6.72. The van der Waals surface area contributed by atoms with E-state index in [1.54, 1.807) is 0 Å². The number of hydrogen-bond acceptors (Lipinski definition) is 1. The molecule has 0 saturated heterocycles. The maximum absolute atomic E-state index is 13.1. The largest absolute Gasteiger partial charge is 0.327 e. The lowest BCUT2D eigenvalue weighted by molar-refractivity contribution is -0.0481. The van der Waals surface area contributed by atoms with Gasteiger partial charge in [0.1, 0.15) is 0 Å². The molecule has 0 bridgehead atoms. The Morgan fingerprint density at radius 2 is 2.00 bits per heavy atom. The topological polar surface area (TPSA) is 26.0 Å². The monoisotopic (exact) mass is 273 g/mol. The molecule has 0 heterocycles. The second kappa shape index (κ2) is 5.54. The van der Waals surface area contributed by atoms with E-state index in [0.29, 0.717) is 24.3 Å². The van der Waals surface area contributed by atoms with Crippen molar-refractivity contribution in [1.82, 2.24) is 0 Å². The van der Waals surface area contributed by atoms with Gasteiger partial charge in [-0.25, -0.2) is 8.78 Å². The SMILES string of the molecule is NC(Cc1cccc(Cl)c1)C1CCC(F)(F)CC1. The minimum Gasteiger partial charge on any atom is -0.327 e. The van der Waals surface area contributed by atoms with Gasteiger partial charge in [0.25, 0.3) is 0 Å². The molecule has 1 aromatic carbocycles. The normalized spacial score (nSPS) is 21.8. The van der Waals surface area contributed by atoms with Gasteiger partial charge in [0.15, 0.2) is 0 Å². The van der Waals surface area contributed by atoms with Crippen molar-refractivity contribution in [3.8, 4) is 0 Å². The number of hydrogen-bond donors (Lipinski definition) is 1. The first-order valence-electron chi connectivity index (χ1n) is 6.34. The van der Waals surface area contributed by atoms with E-state index < -0.39 is 5.92 Å². The highest BCUT2D eigenvalue weighted by Gasteiger charge is 2.36. The first kappa shape index (κ1) is 13.8. The maximum atomic E-state index is 13.1. The van der Waals surface area contributed by atoms with E-state index in [-0.39, 0.29) is 24.8 Å². The Morgan fingerprint density at radius 1 is 1.33 bits per heavy atom. The Hall–Kier alpha value is -0.670. The molecule has 1 unspecified atom stereocenters. The summed E-state index contributed by atoms with van der Waals surface area (Å²) in [4.78, 5) is 0. The zero-order valence-corrected chi connectivity index (χ0v) is 11.0. The van der Waals surface area contributed by atoms with Crippen LogP contribution in [0.15, 0.2) is 24.3 Å². The molecule has 1 nitrogen and oxygen atoms in total. The molecule has 1 aromatic rings. The second-order valence-corrected chi connectivity index (χ2v) is 5.63. The molecule has 1 aliphatic rings. The molecular weight excluding hydrogens is 256 g/mol. The third kappa shape index (κ3) is 3.66. The molecule has 2 N–H and O–H groups in total. The van der Waals surface area contributed by atoms with Crippen LogP contribution in [0.2, 0.25) is 5.02 Å². The molecule has 1 saturated carbocycles. The molecule has 2 rings (SSSR count). The lowest BCUT2D eigenvalue weighted by atomic mass is 9.80. The van der Waals surface area contributed by atoms with Gasteiger partial charge in [0.2, 0.25) is 5.92 Å². The molecule has 1 fully saturated rings. The first-order chi connectivity index (χ1) is 8.46. The van der Waals surface area contributed by atoms with Crippen molar-refractivity contribution in [2.75, 3.05) is 0 Å². The highest BCUT2D eigenvalue weighted by atomic mass is 35.5. The highest BCUT2D eigenvalue weighted by molar-refractivity contribution is 6.30. The van der Waals surface area contributed by atoms with E-state index in [1.165, 1.54) is 0 Å². The van der Waals surface area contributed by atoms with Crippen LogP contribution < -0.4 is 5.73 Å². The third-order valence-corrected chi connectivity index (χ3v) is 3.96. The smallest absolute Gasteiger partial charge is 0.248 e. The summed E-state index contributed by atoms with van der Waals surface area (Å²) in [6.45, 7) is 0. The van der Waals surface area contributed by atoms with E-state index in [0.717, 1.165) is 5.56 Å². The van der Waals surface area contributed by atoms with Crippen LogP contribution in [0.5, 0.6) is 0 Å². The molecular formula is C14H18ClF2N. The van der Waals surface area contributed by atoms with Gasteiger partial charge in [-0.05, 0) is 42.9 Å². The Bertz CT molecular complexity index is 399. The van der Waals surface area contributed by atoms with Crippen LogP contribution in [0.25, 0.3) is 0 Å². The summed E-state index contributed by atoms with van der Waals surface area (Å²) < 4.78 is 26.1. The summed E-state index contributed by atoms with van der Waals surface area (Å²) in [5.74, 6) is -2.28. The van der Waals surface area contributed by atoms with Crippen LogP contribution in [-0.2, 0) is 6.42 Å². The Kier molecular flexibility index (Phi) is 4.23. The van der Waals surface area contributed by atoms with Gasteiger partial charge in [-0.2, -0.15) is 0 Å². The third-order valence-electron chi connectivity index (χ3n) is 3.73. The predicted octanol–water partition coefficient (Wildman–Crippen LogP) is 4.04. The van der Waals surface area contributed by atoms with Crippen molar-refractivity contribution >= 4 is 11.6 Å². The second-order valence-electron chi connectivity index (χ2n) is 5.19. The van der Waals surface area contributed by atoms with E-state index in [4.69, 9.17) is 17.3 Å². The molecule has 4 heteroatoms. The van der Waals surface area contributed by atoms with Crippen LogP contribution in [-0.4, -0.2) is 12.0 Å². The summed E-state index contributed by atoms with van der Waals surface area (Å²) >= 11 is 5.91. The summed E-state index contributed by atoms with van der Waals surface area (Å²) in [6, 6.07) is 7.51. The van der Waals surface area contributed by atoms with E-state index >= 15 is 0 Å². The average Bonchev–Trinajstić information content (AvgIpc) is 2.28. The molecule has 0 amide bonds. The number of rotatable bonds is 3. The van der Waals surface area contributed by atoms with Gasteiger partial charge in [-0.1, -0.05) is 23.7 Å². The molecule has 18 heavy (non-hydrogen) atoms. The molecule has 1 aliphatic carbocycles. The zero-order chi connectivity index (χ0) is 13.2. The summed E-state index contributed by atoms with van der Waals surface area (Å²) in [7, 11) is 0. The Balaban J connectivity index is 1.91. The van der Waals surface area contributed by atoms with Crippen molar-refractivity contribution in [1.29, 1.82) is 0 Å². The van der Waals surface area contributed by atoms with Crippen LogP contribution >= 0.6 is 11.6 Å². The molecule has 0 aliphatic heterocycles. The fraction of sp³-hybridized carbons (Fsp3) is 0.571. The number of benzene rings is 1. The Morgan fingerprint density at radius 3 is 2.61 bits per heavy atom. The van der Waals surface area contributed by atoms with Crippen LogP contribution in [0.4, 0.5) is 8.78 Å². The average molecular weight is 274 g/mol. The lowest BCUT2D eigenvalue weighted by Gasteiger charge is -2.32. The van der Waals surface area contributed by atoms with Gasteiger partial charge in [-0.3, -0.25) is 0 Å². The van der Waals surface area contributed by atoms with Gasteiger partial charge >= 0.3 is 0 Å². The zero-order valence-electron chi connectivity index (χ0n) is 10.2. The lowest BCUT2D eigenvalue weighted by Crippen LogP contribution is -2.37. The summed E-state index contributed by atoms with van der Waals surface area (Å²) in [5, 5.41) is 0.690. The minimum absolute atomic E-state index is 0.0269. The van der Waals surface area contributed by atoms with E-state index in [1.807, 2.05) is 24.3 Å². The fourth-order valence-corrected chi connectivity index (χ4v) is 2.81. The minimum atomic E-state index is -2.48. The van der Waals surface area contributed by atoms with Crippen molar-refractivity contribution in [2.24, 2.45) is 11.7 Å².